The maximum absolute atomic E-state index is 12.8. The number of hydrogen-bond acceptors (Lipinski definition) is 3. The van der Waals surface area contributed by atoms with Crippen LogP contribution in [0.3, 0.4) is 0 Å². The molecule has 3 nitrogen and oxygen atoms in total. The van der Waals surface area contributed by atoms with Gasteiger partial charge in [0.25, 0.3) is 0 Å². The quantitative estimate of drug-likeness (QED) is 0.355. The number of nitrogens with zero attached hydrogens (tertiary/aromatic N) is 1. The van der Waals surface area contributed by atoms with Gasteiger partial charge in [0.05, 0.1) is 11.3 Å². The zero-order valence-electron chi connectivity index (χ0n) is 13.0. The van der Waals surface area contributed by atoms with Gasteiger partial charge in [0.15, 0.2) is 0 Å². The van der Waals surface area contributed by atoms with Gasteiger partial charge in [-0.25, -0.2) is 9.18 Å². The van der Waals surface area contributed by atoms with Gasteiger partial charge in [0.2, 0.25) is 0 Å². The Kier molecular flexibility index (Phi) is 5.21. The van der Waals surface area contributed by atoms with Crippen molar-refractivity contribution in [1.29, 1.82) is 0 Å². The Bertz CT molecular complexity index is 888. The van der Waals surface area contributed by atoms with Crippen LogP contribution < -0.4 is 4.74 Å². The molecule has 0 aromatic heterocycles. The fourth-order valence-electron chi connectivity index (χ4n) is 2.05. The van der Waals surface area contributed by atoms with Crippen LogP contribution in [-0.2, 0) is 0 Å². The minimum absolute atomic E-state index is 0.291. The highest BCUT2D eigenvalue weighted by molar-refractivity contribution is 6.30. The Balaban J connectivity index is 1.66. The molecule has 3 rings (SSSR count). The lowest BCUT2D eigenvalue weighted by molar-refractivity contribution is 0.0734. The fraction of sp³-hybridized carbons (Fsp3) is 0. The van der Waals surface area contributed by atoms with Crippen LogP contribution in [0.4, 0.5) is 10.1 Å². The van der Waals surface area contributed by atoms with Crippen molar-refractivity contribution >= 4 is 29.5 Å². The summed E-state index contributed by atoms with van der Waals surface area (Å²) in [6, 6.07) is 19.3. The second-order valence-corrected chi connectivity index (χ2v) is 5.64. The number of halogens is 2. The molecular formula is C20H13ClFNO2. The maximum atomic E-state index is 12.8. The second-order valence-electron chi connectivity index (χ2n) is 5.20. The first-order valence-electron chi connectivity index (χ1n) is 7.47. The highest BCUT2D eigenvalue weighted by Crippen LogP contribution is 2.17. The van der Waals surface area contributed by atoms with E-state index in [0.717, 1.165) is 11.3 Å². The Morgan fingerprint density at radius 2 is 1.56 bits per heavy atom. The summed E-state index contributed by atoms with van der Waals surface area (Å²) in [5.74, 6) is -0.600. The van der Waals surface area contributed by atoms with Crippen LogP contribution in [-0.4, -0.2) is 12.2 Å². The Hall–Kier alpha value is -2.98. The molecule has 5 heteroatoms. The lowest BCUT2D eigenvalue weighted by atomic mass is 10.1. The summed E-state index contributed by atoms with van der Waals surface area (Å²) in [6.07, 6.45) is 1.69. The largest absolute Gasteiger partial charge is 0.423 e. The zero-order chi connectivity index (χ0) is 17.6. The molecule has 0 aliphatic rings. The van der Waals surface area contributed by atoms with E-state index in [1.54, 1.807) is 42.6 Å². The van der Waals surface area contributed by atoms with Crippen molar-refractivity contribution in [3.8, 4) is 5.75 Å². The molecule has 0 aliphatic carbocycles. The van der Waals surface area contributed by atoms with E-state index in [-0.39, 0.29) is 5.82 Å². The Morgan fingerprint density at radius 3 is 2.20 bits per heavy atom. The molecule has 3 aromatic rings. The molecule has 0 amide bonds. The highest BCUT2D eigenvalue weighted by atomic mass is 35.5. The highest BCUT2D eigenvalue weighted by Gasteiger charge is 2.08. The molecule has 0 radical (unpaired) electrons. The molecule has 0 bridgehead atoms. The monoisotopic (exact) mass is 353 g/mol. The van der Waals surface area contributed by atoms with Crippen molar-refractivity contribution in [2.75, 3.05) is 0 Å². The van der Waals surface area contributed by atoms with Crippen molar-refractivity contribution in [2.24, 2.45) is 4.99 Å². The molecule has 0 saturated heterocycles. The molecule has 0 N–H and O–H groups in total. The summed E-state index contributed by atoms with van der Waals surface area (Å²) in [4.78, 5) is 16.4. The molecule has 25 heavy (non-hydrogen) atoms. The number of carbonyl (C=O) groups is 1. The number of esters is 1. The van der Waals surface area contributed by atoms with Crippen molar-refractivity contribution in [2.45, 2.75) is 0 Å². The summed E-state index contributed by atoms with van der Waals surface area (Å²) in [5, 5.41) is 0.656. The van der Waals surface area contributed by atoms with E-state index in [1.807, 2.05) is 12.1 Å². The van der Waals surface area contributed by atoms with Gasteiger partial charge in [0, 0.05) is 11.2 Å². The topological polar surface area (TPSA) is 38.7 Å². The summed E-state index contributed by atoms with van der Waals surface area (Å²) >= 11 is 5.83. The first kappa shape index (κ1) is 16.9. The third-order valence-corrected chi connectivity index (χ3v) is 3.61. The van der Waals surface area contributed by atoms with Gasteiger partial charge in [-0.15, -0.1) is 0 Å². The van der Waals surface area contributed by atoms with Gasteiger partial charge in [-0.05, 0) is 66.2 Å². The van der Waals surface area contributed by atoms with Crippen LogP contribution >= 0.6 is 11.6 Å². The average Bonchev–Trinajstić information content (AvgIpc) is 2.63. The standard InChI is InChI=1S/C20H13ClFNO2/c21-16-5-9-18(10-6-16)23-13-14-1-3-15(4-2-14)20(24)25-19-11-7-17(22)8-12-19/h1-13H. The van der Waals surface area contributed by atoms with E-state index in [9.17, 15) is 9.18 Å². The van der Waals surface area contributed by atoms with E-state index in [2.05, 4.69) is 4.99 Å². The van der Waals surface area contributed by atoms with Crippen molar-refractivity contribution in [3.05, 3.63) is 94.8 Å². The molecule has 0 fully saturated rings. The van der Waals surface area contributed by atoms with Gasteiger partial charge in [0.1, 0.15) is 11.6 Å². The van der Waals surface area contributed by atoms with Crippen molar-refractivity contribution in [1.82, 2.24) is 0 Å². The van der Waals surface area contributed by atoms with Gasteiger partial charge >= 0.3 is 5.97 Å². The third kappa shape index (κ3) is 4.75. The summed E-state index contributed by atoms with van der Waals surface area (Å²) in [7, 11) is 0. The minimum atomic E-state index is -0.507. The number of hydrogen-bond donors (Lipinski definition) is 0. The number of ether oxygens (including phenoxy) is 1. The van der Waals surface area contributed by atoms with Gasteiger partial charge < -0.3 is 4.74 Å². The average molecular weight is 354 g/mol. The summed E-state index contributed by atoms with van der Waals surface area (Å²) < 4.78 is 18.0. The van der Waals surface area contributed by atoms with E-state index in [0.29, 0.717) is 16.3 Å². The number of rotatable bonds is 4. The molecule has 0 saturated carbocycles. The van der Waals surface area contributed by atoms with E-state index in [4.69, 9.17) is 16.3 Å². The number of aliphatic imine (C=N–C) groups is 1. The van der Waals surface area contributed by atoms with E-state index >= 15 is 0 Å². The smallest absolute Gasteiger partial charge is 0.343 e. The third-order valence-electron chi connectivity index (χ3n) is 3.36. The van der Waals surface area contributed by atoms with Crippen LogP contribution in [0, 0.1) is 5.82 Å². The van der Waals surface area contributed by atoms with Gasteiger partial charge in [-0.3, -0.25) is 4.99 Å². The van der Waals surface area contributed by atoms with Crippen LogP contribution in [0.2, 0.25) is 5.02 Å². The van der Waals surface area contributed by atoms with E-state index in [1.165, 1.54) is 24.3 Å². The SMILES string of the molecule is O=C(Oc1ccc(F)cc1)c1ccc(C=Nc2ccc(Cl)cc2)cc1. The Labute approximate surface area is 149 Å². The van der Waals surface area contributed by atoms with Crippen molar-refractivity contribution < 1.29 is 13.9 Å². The predicted octanol–water partition coefficient (Wildman–Crippen LogP) is 5.45. The second kappa shape index (κ2) is 7.73. The number of carbonyl (C=O) groups excluding carboxylic acids is 1. The molecule has 124 valence electrons. The normalized spacial score (nSPS) is 10.8. The van der Waals surface area contributed by atoms with Crippen LogP contribution in [0.5, 0.6) is 5.75 Å². The van der Waals surface area contributed by atoms with Gasteiger partial charge in [-0.2, -0.15) is 0 Å². The maximum Gasteiger partial charge on any atom is 0.343 e. The van der Waals surface area contributed by atoms with Crippen LogP contribution in [0.1, 0.15) is 15.9 Å². The van der Waals surface area contributed by atoms with Crippen LogP contribution in [0.15, 0.2) is 77.8 Å². The van der Waals surface area contributed by atoms with E-state index < -0.39 is 5.97 Å². The lowest BCUT2D eigenvalue weighted by Crippen LogP contribution is -2.08. The minimum Gasteiger partial charge on any atom is -0.423 e. The van der Waals surface area contributed by atoms with Gasteiger partial charge in [-0.1, -0.05) is 23.7 Å². The van der Waals surface area contributed by atoms with Crippen molar-refractivity contribution in [3.63, 3.8) is 0 Å². The molecule has 0 unspecified atom stereocenters. The zero-order valence-corrected chi connectivity index (χ0v) is 13.8. The summed E-state index contributed by atoms with van der Waals surface area (Å²) in [6.45, 7) is 0. The number of benzene rings is 3. The first-order valence-corrected chi connectivity index (χ1v) is 7.85. The van der Waals surface area contributed by atoms with Crippen LogP contribution in [0.25, 0.3) is 0 Å². The molecule has 3 aromatic carbocycles. The lowest BCUT2D eigenvalue weighted by Gasteiger charge is -2.04. The fourth-order valence-corrected chi connectivity index (χ4v) is 2.18. The molecule has 0 heterocycles. The molecule has 0 aliphatic heterocycles. The Morgan fingerprint density at radius 1 is 0.920 bits per heavy atom. The predicted molar refractivity (Wildman–Crippen MR) is 96.5 cm³/mol. The molecular weight excluding hydrogens is 341 g/mol. The first-order chi connectivity index (χ1) is 12.1. The summed E-state index contributed by atoms with van der Waals surface area (Å²) in [5.41, 5.74) is 2.02. The molecule has 0 atom stereocenters. The molecule has 0 spiro atoms.